The molecular weight excluding hydrogens is 334 g/mol. The molecule has 0 spiro atoms. The van der Waals surface area contributed by atoms with Crippen molar-refractivity contribution in [1.82, 2.24) is 14.2 Å². The largest absolute Gasteiger partial charge is 0.302 e. The Bertz CT molecular complexity index is 766. The summed E-state index contributed by atoms with van der Waals surface area (Å²) in [6.45, 7) is 2.05. The van der Waals surface area contributed by atoms with Gasteiger partial charge in [-0.1, -0.05) is 30.3 Å². The molecule has 134 valence electrons. The number of pyridine rings is 1. The van der Waals surface area contributed by atoms with Crippen molar-refractivity contribution < 1.29 is 8.42 Å². The van der Waals surface area contributed by atoms with E-state index in [0.717, 1.165) is 25.8 Å². The van der Waals surface area contributed by atoms with Gasteiger partial charge in [-0.2, -0.15) is 4.31 Å². The first kappa shape index (κ1) is 18.0. The first-order valence-electron chi connectivity index (χ1n) is 8.72. The third-order valence-electron chi connectivity index (χ3n) is 4.85. The topological polar surface area (TPSA) is 53.5 Å². The zero-order valence-electron chi connectivity index (χ0n) is 14.6. The number of piperidine rings is 1. The molecule has 0 aliphatic carbocycles. The van der Waals surface area contributed by atoms with Crippen LogP contribution < -0.4 is 0 Å². The van der Waals surface area contributed by atoms with Gasteiger partial charge in [-0.25, -0.2) is 8.42 Å². The van der Waals surface area contributed by atoms with Gasteiger partial charge < -0.3 is 4.90 Å². The number of hydrogen-bond acceptors (Lipinski definition) is 4. The van der Waals surface area contributed by atoms with Gasteiger partial charge in [0.25, 0.3) is 0 Å². The van der Waals surface area contributed by atoms with E-state index in [-0.39, 0.29) is 10.9 Å². The van der Waals surface area contributed by atoms with Crippen LogP contribution in [0.25, 0.3) is 0 Å². The molecule has 2 aromatic rings. The Hall–Kier alpha value is -1.76. The van der Waals surface area contributed by atoms with Gasteiger partial charge >= 0.3 is 0 Å². The van der Waals surface area contributed by atoms with Crippen LogP contribution in [0.2, 0.25) is 0 Å². The predicted molar refractivity (Wildman–Crippen MR) is 98.8 cm³/mol. The number of hydrogen-bond donors (Lipinski definition) is 0. The molecule has 0 saturated carbocycles. The number of aromatic nitrogens is 1. The molecule has 1 fully saturated rings. The van der Waals surface area contributed by atoms with Gasteiger partial charge in [0.15, 0.2) is 0 Å². The van der Waals surface area contributed by atoms with Crippen LogP contribution in [0.15, 0.2) is 59.8 Å². The third kappa shape index (κ3) is 4.45. The minimum Gasteiger partial charge on any atom is -0.302 e. The maximum atomic E-state index is 12.8. The van der Waals surface area contributed by atoms with Gasteiger partial charge in [0.2, 0.25) is 10.0 Å². The molecule has 2 heterocycles. The summed E-state index contributed by atoms with van der Waals surface area (Å²) < 4.78 is 27.2. The molecule has 0 radical (unpaired) electrons. The van der Waals surface area contributed by atoms with Crippen LogP contribution in [0.4, 0.5) is 0 Å². The fourth-order valence-corrected chi connectivity index (χ4v) is 4.76. The van der Waals surface area contributed by atoms with E-state index in [1.165, 1.54) is 11.8 Å². The summed E-state index contributed by atoms with van der Waals surface area (Å²) in [6.07, 6.45) is 5.92. The van der Waals surface area contributed by atoms with E-state index in [9.17, 15) is 8.42 Å². The van der Waals surface area contributed by atoms with Crippen LogP contribution in [0, 0.1) is 0 Å². The first-order chi connectivity index (χ1) is 12.1. The lowest BCUT2D eigenvalue weighted by Gasteiger charge is -2.37. The van der Waals surface area contributed by atoms with E-state index in [2.05, 4.69) is 41.2 Å². The molecule has 1 aromatic heterocycles. The average Bonchev–Trinajstić information content (AvgIpc) is 2.67. The van der Waals surface area contributed by atoms with Crippen molar-refractivity contribution in [2.75, 3.05) is 26.7 Å². The molecule has 0 bridgehead atoms. The molecule has 1 unspecified atom stereocenters. The minimum atomic E-state index is -3.45. The molecule has 5 nitrogen and oxygen atoms in total. The highest BCUT2D eigenvalue weighted by Gasteiger charge is 2.31. The molecule has 6 heteroatoms. The Balaban J connectivity index is 1.62. The Kier molecular flexibility index (Phi) is 5.83. The van der Waals surface area contributed by atoms with Gasteiger partial charge in [0.05, 0.1) is 0 Å². The van der Waals surface area contributed by atoms with Gasteiger partial charge in [0.1, 0.15) is 4.90 Å². The third-order valence-corrected chi connectivity index (χ3v) is 6.70. The predicted octanol–water partition coefficient (Wildman–Crippen LogP) is 2.41. The fourth-order valence-electron chi connectivity index (χ4n) is 3.28. The molecule has 25 heavy (non-hydrogen) atoms. The lowest BCUT2D eigenvalue weighted by molar-refractivity contribution is 0.164. The second kappa shape index (κ2) is 8.08. The number of likely N-dealkylation sites (N-methyl/N-ethyl adjacent to an activating group) is 1. The van der Waals surface area contributed by atoms with E-state index in [0.29, 0.717) is 13.1 Å². The van der Waals surface area contributed by atoms with Crippen molar-refractivity contribution in [1.29, 1.82) is 0 Å². The van der Waals surface area contributed by atoms with Crippen LogP contribution in [-0.2, 0) is 16.4 Å². The molecule has 1 aromatic carbocycles. The molecular formula is C19H25N3O2S. The molecule has 1 aliphatic rings. The van der Waals surface area contributed by atoms with Gasteiger partial charge in [-0.3, -0.25) is 4.98 Å². The molecule has 1 atom stereocenters. The Morgan fingerprint density at radius 2 is 2.00 bits per heavy atom. The van der Waals surface area contributed by atoms with Crippen molar-refractivity contribution >= 4 is 10.0 Å². The normalized spacial score (nSPS) is 19.2. The second-order valence-corrected chi connectivity index (χ2v) is 8.50. The van der Waals surface area contributed by atoms with Gasteiger partial charge in [-0.15, -0.1) is 0 Å². The van der Waals surface area contributed by atoms with E-state index in [1.807, 2.05) is 6.07 Å². The Morgan fingerprint density at radius 1 is 1.20 bits per heavy atom. The number of rotatable bonds is 6. The van der Waals surface area contributed by atoms with Crippen LogP contribution in [0.5, 0.6) is 0 Å². The van der Waals surface area contributed by atoms with E-state index in [4.69, 9.17) is 0 Å². The molecule has 3 rings (SSSR count). The molecule has 0 N–H and O–H groups in total. The summed E-state index contributed by atoms with van der Waals surface area (Å²) in [5.74, 6) is 0. The highest BCUT2D eigenvalue weighted by molar-refractivity contribution is 7.89. The maximum Gasteiger partial charge on any atom is 0.244 e. The standard InChI is InChI=1S/C19H25N3O2S/c1-21(14-11-17-7-3-2-4-8-17)18-9-6-13-22(16-18)25(23,24)19-10-5-12-20-15-19/h2-5,7-8,10,12,15,18H,6,9,11,13-14,16H2,1H3. The number of benzene rings is 1. The van der Waals surface area contributed by atoms with E-state index < -0.39 is 10.0 Å². The second-order valence-electron chi connectivity index (χ2n) is 6.56. The summed E-state index contributed by atoms with van der Waals surface area (Å²) >= 11 is 0. The lowest BCUT2D eigenvalue weighted by atomic mass is 10.1. The maximum absolute atomic E-state index is 12.8. The summed E-state index contributed by atoms with van der Waals surface area (Å²) in [5.41, 5.74) is 1.31. The van der Waals surface area contributed by atoms with Crippen LogP contribution in [0.3, 0.4) is 0 Å². The van der Waals surface area contributed by atoms with E-state index in [1.54, 1.807) is 22.6 Å². The summed E-state index contributed by atoms with van der Waals surface area (Å²) in [6, 6.07) is 13.9. The monoisotopic (exact) mass is 359 g/mol. The van der Waals surface area contributed by atoms with Crippen molar-refractivity contribution in [3.8, 4) is 0 Å². The quantitative estimate of drug-likeness (QED) is 0.795. The SMILES string of the molecule is CN(CCc1ccccc1)C1CCCN(S(=O)(=O)c2cccnc2)C1. The summed E-state index contributed by atoms with van der Waals surface area (Å²) in [4.78, 5) is 6.52. The minimum absolute atomic E-state index is 0.254. The molecule has 1 saturated heterocycles. The molecule has 0 amide bonds. The first-order valence-corrected chi connectivity index (χ1v) is 10.2. The highest BCUT2D eigenvalue weighted by atomic mass is 32.2. The zero-order chi connectivity index (χ0) is 17.7. The zero-order valence-corrected chi connectivity index (χ0v) is 15.4. The van der Waals surface area contributed by atoms with Gasteiger partial charge in [-0.05, 0) is 44.0 Å². The van der Waals surface area contributed by atoms with Crippen molar-refractivity contribution in [3.63, 3.8) is 0 Å². The van der Waals surface area contributed by atoms with Crippen LogP contribution in [-0.4, -0.2) is 55.3 Å². The number of nitrogens with zero attached hydrogens (tertiary/aromatic N) is 3. The average molecular weight is 359 g/mol. The van der Waals surface area contributed by atoms with Crippen molar-refractivity contribution in [2.24, 2.45) is 0 Å². The smallest absolute Gasteiger partial charge is 0.244 e. The fraction of sp³-hybridized carbons (Fsp3) is 0.421. The van der Waals surface area contributed by atoms with Crippen molar-refractivity contribution in [2.45, 2.75) is 30.2 Å². The summed E-state index contributed by atoms with van der Waals surface area (Å²) in [5, 5.41) is 0. The highest BCUT2D eigenvalue weighted by Crippen LogP contribution is 2.22. The Labute approximate surface area is 150 Å². The van der Waals surface area contributed by atoms with Gasteiger partial charge in [0, 0.05) is 38.1 Å². The van der Waals surface area contributed by atoms with Crippen LogP contribution in [0.1, 0.15) is 18.4 Å². The van der Waals surface area contributed by atoms with E-state index >= 15 is 0 Å². The van der Waals surface area contributed by atoms with Crippen LogP contribution >= 0.6 is 0 Å². The molecule has 1 aliphatic heterocycles. The number of sulfonamides is 1. The lowest BCUT2D eigenvalue weighted by Crippen LogP contribution is -2.48. The van der Waals surface area contributed by atoms with Crippen molar-refractivity contribution in [3.05, 3.63) is 60.4 Å². The Morgan fingerprint density at radius 3 is 2.72 bits per heavy atom. The summed E-state index contributed by atoms with van der Waals surface area (Å²) in [7, 11) is -1.36.